The van der Waals surface area contributed by atoms with Gasteiger partial charge in [-0.3, -0.25) is 0 Å². The molecule has 0 fully saturated rings. The molecule has 0 aromatic carbocycles. The Kier molecular flexibility index (Phi) is 4.07. The molecule has 2 unspecified atom stereocenters. The zero-order chi connectivity index (χ0) is 14.2. The average molecular weight is 264 g/mol. The first-order valence-electron chi connectivity index (χ1n) is 7.39. The van der Waals surface area contributed by atoms with Crippen LogP contribution in [-0.4, -0.2) is 17.8 Å². The Hall–Kier alpha value is -0.800. The number of nitrogens with zero attached hydrogens (tertiary/aromatic N) is 1. The van der Waals surface area contributed by atoms with Gasteiger partial charge in [0.1, 0.15) is 0 Å². The lowest BCUT2D eigenvalue weighted by atomic mass is 9.74. The number of nitrogens with two attached hydrogens (primary N) is 1. The van der Waals surface area contributed by atoms with E-state index in [-0.39, 0.29) is 6.04 Å². The lowest BCUT2D eigenvalue weighted by Gasteiger charge is -2.35. The molecule has 3 heteroatoms. The molecular formula is C16H28N2O. The summed E-state index contributed by atoms with van der Waals surface area (Å²) in [6.45, 7) is 12.6. The third kappa shape index (κ3) is 2.87. The highest BCUT2D eigenvalue weighted by atomic mass is 16.5. The second-order valence-electron chi connectivity index (χ2n) is 6.72. The normalized spacial score (nSPS) is 23.2. The van der Waals surface area contributed by atoms with Crippen molar-refractivity contribution in [2.45, 2.75) is 59.5 Å². The molecular weight excluding hydrogens is 236 g/mol. The van der Waals surface area contributed by atoms with E-state index in [1.54, 1.807) is 0 Å². The van der Waals surface area contributed by atoms with E-state index in [2.05, 4.69) is 38.3 Å². The van der Waals surface area contributed by atoms with Gasteiger partial charge < -0.3 is 15.0 Å². The van der Waals surface area contributed by atoms with Crippen LogP contribution in [0.15, 0.2) is 6.07 Å². The van der Waals surface area contributed by atoms with E-state index < -0.39 is 0 Å². The summed E-state index contributed by atoms with van der Waals surface area (Å²) in [6, 6.07) is 2.83. The van der Waals surface area contributed by atoms with Crippen LogP contribution in [0.4, 0.5) is 0 Å². The number of rotatable bonds is 4. The van der Waals surface area contributed by atoms with Crippen LogP contribution in [-0.2, 0) is 11.2 Å². The second kappa shape index (κ2) is 5.29. The Morgan fingerprint density at radius 2 is 2.21 bits per heavy atom. The first kappa shape index (κ1) is 14.6. The summed E-state index contributed by atoms with van der Waals surface area (Å²) in [7, 11) is 0. The fourth-order valence-corrected chi connectivity index (χ4v) is 3.45. The Labute approximate surface area is 117 Å². The Bertz CT molecular complexity index is 448. The minimum atomic E-state index is 0.179. The van der Waals surface area contributed by atoms with Gasteiger partial charge in [0.15, 0.2) is 0 Å². The van der Waals surface area contributed by atoms with Crippen LogP contribution in [0, 0.1) is 12.3 Å². The monoisotopic (exact) mass is 264 g/mol. The SMILES string of the molecule is CCOCC(C)n1c(C)cc2c1CC(C)(C)CC2N. The molecule has 1 aromatic heterocycles. The zero-order valence-corrected chi connectivity index (χ0v) is 13.0. The van der Waals surface area contributed by atoms with E-state index >= 15 is 0 Å². The van der Waals surface area contributed by atoms with Crippen molar-refractivity contribution in [3.63, 3.8) is 0 Å². The standard InChI is InChI=1S/C16H28N2O/c1-6-19-10-12(3)18-11(2)7-13-14(17)8-16(4,5)9-15(13)18/h7,12,14H,6,8-10,17H2,1-5H3. The first-order valence-corrected chi connectivity index (χ1v) is 7.39. The van der Waals surface area contributed by atoms with Crippen molar-refractivity contribution in [2.75, 3.05) is 13.2 Å². The van der Waals surface area contributed by atoms with Gasteiger partial charge in [-0.1, -0.05) is 13.8 Å². The molecule has 108 valence electrons. The van der Waals surface area contributed by atoms with Crippen LogP contribution in [0.1, 0.15) is 63.2 Å². The van der Waals surface area contributed by atoms with Crippen molar-refractivity contribution in [1.29, 1.82) is 0 Å². The maximum absolute atomic E-state index is 6.36. The van der Waals surface area contributed by atoms with Crippen molar-refractivity contribution in [3.05, 3.63) is 23.0 Å². The number of aryl methyl sites for hydroxylation is 1. The Balaban J connectivity index is 2.35. The lowest BCUT2D eigenvalue weighted by molar-refractivity contribution is 0.116. The fraction of sp³-hybridized carbons (Fsp3) is 0.750. The minimum Gasteiger partial charge on any atom is -0.380 e. The van der Waals surface area contributed by atoms with Crippen molar-refractivity contribution >= 4 is 0 Å². The summed E-state index contributed by atoms with van der Waals surface area (Å²) in [5, 5.41) is 0. The molecule has 0 radical (unpaired) electrons. The number of ether oxygens (including phenoxy) is 1. The zero-order valence-electron chi connectivity index (χ0n) is 13.0. The highest BCUT2D eigenvalue weighted by Gasteiger charge is 2.33. The second-order valence-corrected chi connectivity index (χ2v) is 6.72. The molecule has 0 spiro atoms. The number of fused-ring (bicyclic) bond motifs is 1. The molecule has 1 aliphatic carbocycles. The first-order chi connectivity index (χ1) is 8.85. The van der Waals surface area contributed by atoms with E-state index in [1.807, 2.05) is 6.92 Å². The topological polar surface area (TPSA) is 40.2 Å². The predicted octanol–water partition coefficient (Wildman–Crippen LogP) is 3.37. The highest BCUT2D eigenvalue weighted by Crippen LogP contribution is 2.41. The third-order valence-electron chi connectivity index (χ3n) is 4.19. The molecule has 1 aliphatic rings. The van der Waals surface area contributed by atoms with Gasteiger partial charge in [0, 0.05) is 24.0 Å². The highest BCUT2D eigenvalue weighted by molar-refractivity contribution is 5.34. The molecule has 0 saturated heterocycles. The maximum Gasteiger partial charge on any atom is 0.0671 e. The molecule has 0 aliphatic heterocycles. The summed E-state index contributed by atoms with van der Waals surface area (Å²) in [5.41, 5.74) is 10.7. The van der Waals surface area contributed by atoms with Gasteiger partial charge in [-0.25, -0.2) is 0 Å². The van der Waals surface area contributed by atoms with Gasteiger partial charge in [-0.2, -0.15) is 0 Å². The summed E-state index contributed by atoms with van der Waals surface area (Å²) >= 11 is 0. The van der Waals surface area contributed by atoms with Gasteiger partial charge in [0.25, 0.3) is 0 Å². The van der Waals surface area contributed by atoms with Crippen LogP contribution in [0.25, 0.3) is 0 Å². The number of aromatic nitrogens is 1. The van der Waals surface area contributed by atoms with Crippen LogP contribution < -0.4 is 5.73 Å². The molecule has 2 atom stereocenters. The van der Waals surface area contributed by atoms with Gasteiger partial charge in [-0.05, 0) is 50.7 Å². The summed E-state index contributed by atoms with van der Waals surface area (Å²) < 4.78 is 8.03. The van der Waals surface area contributed by atoms with Crippen LogP contribution in [0.5, 0.6) is 0 Å². The van der Waals surface area contributed by atoms with Crippen molar-refractivity contribution in [1.82, 2.24) is 4.57 Å². The van der Waals surface area contributed by atoms with Crippen molar-refractivity contribution < 1.29 is 4.74 Å². The molecule has 3 nitrogen and oxygen atoms in total. The maximum atomic E-state index is 6.36. The smallest absolute Gasteiger partial charge is 0.0671 e. The van der Waals surface area contributed by atoms with Crippen LogP contribution >= 0.6 is 0 Å². The third-order valence-corrected chi connectivity index (χ3v) is 4.19. The molecule has 1 heterocycles. The van der Waals surface area contributed by atoms with Gasteiger partial charge in [0.05, 0.1) is 12.6 Å². The summed E-state index contributed by atoms with van der Waals surface area (Å²) in [4.78, 5) is 0. The van der Waals surface area contributed by atoms with Crippen LogP contribution in [0.2, 0.25) is 0 Å². The van der Waals surface area contributed by atoms with Gasteiger partial charge in [0.2, 0.25) is 0 Å². The van der Waals surface area contributed by atoms with E-state index in [1.165, 1.54) is 17.0 Å². The largest absolute Gasteiger partial charge is 0.380 e. The Morgan fingerprint density at radius 3 is 2.84 bits per heavy atom. The van der Waals surface area contributed by atoms with E-state index in [4.69, 9.17) is 10.5 Å². The fourth-order valence-electron chi connectivity index (χ4n) is 3.45. The minimum absolute atomic E-state index is 0.179. The van der Waals surface area contributed by atoms with Crippen molar-refractivity contribution in [3.8, 4) is 0 Å². The average Bonchev–Trinajstić information content (AvgIpc) is 2.61. The Morgan fingerprint density at radius 1 is 1.53 bits per heavy atom. The van der Waals surface area contributed by atoms with E-state index in [9.17, 15) is 0 Å². The molecule has 0 bridgehead atoms. The number of hydrogen-bond acceptors (Lipinski definition) is 2. The van der Waals surface area contributed by atoms with E-state index in [0.717, 1.165) is 26.1 Å². The van der Waals surface area contributed by atoms with Crippen molar-refractivity contribution in [2.24, 2.45) is 11.1 Å². The molecule has 2 N–H and O–H groups in total. The molecule has 19 heavy (non-hydrogen) atoms. The summed E-state index contributed by atoms with van der Waals surface area (Å²) in [6.07, 6.45) is 2.18. The van der Waals surface area contributed by atoms with Gasteiger partial charge in [-0.15, -0.1) is 0 Å². The quantitative estimate of drug-likeness (QED) is 0.905. The predicted molar refractivity (Wildman–Crippen MR) is 79.4 cm³/mol. The molecule has 0 saturated carbocycles. The van der Waals surface area contributed by atoms with Gasteiger partial charge >= 0.3 is 0 Å². The number of hydrogen-bond donors (Lipinski definition) is 1. The van der Waals surface area contributed by atoms with E-state index in [0.29, 0.717) is 11.5 Å². The molecule has 0 amide bonds. The lowest BCUT2D eigenvalue weighted by Crippen LogP contribution is -2.31. The molecule has 2 rings (SSSR count). The molecule has 1 aromatic rings. The van der Waals surface area contributed by atoms with Crippen LogP contribution in [0.3, 0.4) is 0 Å². The summed E-state index contributed by atoms with van der Waals surface area (Å²) in [5.74, 6) is 0.